The van der Waals surface area contributed by atoms with E-state index in [2.05, 4.69) is 5.32 Å². The third kappa shape index (κ3) is 2.74. The zero-order valence-corrected chi connectivity index (χ0v) is 10.8. The Morgan fingerprint density at radius 1 is 1.11 bits per heavy atom. The van der Waals surface area contributed by atoms with E-state index in [1.165, 1.54) is 18.2 Å². The second kappa shape index (κ2) is 5.80. The molecule has 100 valence electrons. The van der Waals surface area contributed by atoms with Crippen LogP contribution in [0.25, 0.3) is 11.1 Å². The summed E-state index contributed by atoms with van der Waals surface area (Å²) in [6.45, 7) is 0.563. The molecule has 0 radical (unpaired) electrons. The second-order valence-electron chi connectivity index (χ2n) is 4.15. The molecule has 0 fully saturated rings. The van der Waals surface area contributed by atoms with Crippen molar-refractivity contribution in [3.63, 3.8) is 0 Å². The molecule has 2 nitrogen and oxygen atoms in total. The summed E-state index contributed by atoms with van der Waals surface area (Å²) < 4.78 is 32.7. The minimum Gasteiger partial charge on any atom is -0.496 e. The molecule has 0 saturated heterocycles. The van der Waals surface area contributed by atoms with Crippen LogP contribution in [0.5, 0.6) is 5.75 Å². The van der Waals surface area contributed by atoms with Gasteiger partial charge in [0.05, 0.1) is 12.7 Å². The van der Waals surface area contributed by atoms with E-state index in [1.807, 2.05) is 0 Å². The summed E-state index contributed by atoms with van der Waals surface area (Å²) in [5.41, 5.74) is 1.34. The highest BCUT2D eigenvalue weighted by Gasteiger charge is 2.13. The van der Waals surface area contributed by atoms with Crippen molar-refractivity contribution in [3.05, 3.63) is 53.6 Å². The number of ether oxygens (including phenoxy) is 1. The molecule has 0 aliphatic heterocycles. The van der Waals surface area contributed by atoms with E-state index in [0.717, 1.165) is 5.56 Å². The first-order valence-corrected chi connectivity index (χ1v) is 5.93. The van der Waals surface area contributed by atoms with Gasteiger partial charge in [0, 0.05) is 12.1 Å². The average molecular weight is 263 g/mol. The van der Waals surface area contributed by atoms with Crippen LogP contribution in [0.2, 0.25) is 0 Å². The van der Waals surface area contributed by atoms with Gasteiger partial charge < -0.3 is 10.1 Å². The van der Waals surface area contributed by atoms with Gasteiger partial charge in [-0.15, -0.1) is 0 Å². The van der Waals surface area contributed by atoms with Crippen LogP contribution in [0.4, 0.5) is 8.78 Å². The van der Waals surface area contributed by atoms with Crippen LogP contribution in [0.15, 0.2) is 36.4 Å². The number of methoxy groups -OCH3 is 1. The lowest BCUT2D eigenvalue weighted by Gasteiger charge is -2.11. The summed E-state index contributed by atoms with van der Waals surface area (Å²) >= 11 is 0. The smallest absolute Gasteiger partial charge is 0.133 e. The van der Waals surface area contributed by atoms with Gasteiger partial charge in [0.15, 0.2) is 0 Å². The van der Waals surface area contributed by atoms with Crippen LogP contribution in [0, 0.1) is 11.6 Å². The third-order valence-corrected chi connectivity index (χ3v) is 2.90. The van der Waals surface area contributed by atoms with E-state index >= 15 is 0 Å². The van der Waals surface area contributed by atoms with Crippen LogP contribution in [0.3, 0.4) is 0 Å². The Balaban J connectivity index is 2.54. The summed E-state index contributed by atoms with van der Waals surface area (Å²) in [7, 11) is 3.37. The number of benzene rings is 2. The predicted molar refractivity (Wildman–Crippen MR) is 71.1 cm³/mol. The molecular formula is C15H15F2NO. The lowest BCUT2D eigenvalue weighted by molar-refractivity contribution is 0.408. The van der Waals surface area contributed by atoms with Gasteiger partial charge in [-0.05, 0) is 36.9 Å². The first kappa shape index (κ1) is 13.5. The lowest BCUT2D eigenvalue weighted by atomic mass is 10.0. The predicted octanol–water partition coefficient (Wildman–Crippen LogP) is 3.36. The van der Waals surface area contributed by atoms with Crippen LogP contribution in [-0.2, 0) is 6.54 Å². The topological polar surface area (TPSA) is 21.3 Å². The molecule has 0 aliphatic carbocycles. The van der Waals surface area contributed by atoms with Gasteiger partial charge in [-0.1, -0.05) is 12.1 Å². The van der Waals surface area contributed by atoms with Gasteiger partial charge in [0.25, 0.3) is 0 Å². The number of halogens is 2. The van der Waals surface area contributed by atoms with E-state index in [-0.39, 0.29) is 5.56 Å². The zero-order valence-electron chi connectivity index (χ0n) is 10.8. The highest BCUT2D eigenvalue weighted by molar-refractivity contribution is 5.67. The van der Waals surface area contributed by atoms with Gasteiger partial charge >= 0.3 is 0 Å². The molecule has 1 N–H and O–H groups in total. The van der Waals surface area contributed by atoms with Gasteiger partial charge in [-0.2, -0.15) is 0 Å². The van der Waals surface area contributed by atoms with E-state index in [9.17, 15) is 8.78 Å². The fraction of sp³-hybridized carbons (Fsp3) is 0.200. The normalized spacial score (nSPS) is 10.5. The molecule has 19 heavy (non-hydrogen) atoms. The quantitative estimate of drug-likeness (QED) is 0.913. The van der Waals surface area contributed by atoms with E-state index in [0.29, 0.717) is 17.9 Å². The largest absolute Gasteiger partial charge is 0.496 e. The van der Waals surface area contributed by atoms with Crippen LogP contribution in [0.1, 0.15) is 5.56 Å². The van der Waals surface area contributed by atoms with Crippen molar-refractivity contribution in [2.24, 2.45) is 0 Å². The maximum absolute atomic E-state index is 13.7. The molecule has 0 heterocycles. The Labute approximate surface area is 111 Å². The number of rotatable bonds is 4. The second-order valence-corrected chi connectivity index (χ2v) is 4.15. The summed E-state index contributed by atoms with van der Waals surface area (Å²) in [5, 5.41) is 3.00. The number of nitrogens with one attached hydrogen (secondary N) is 1. The maximum atomic E-state index is 13.7. The fourth-order valence-corrected chi connectivity index (χ4v) is 2.04. The molecule has 0 spiro atoms. The molecule has 0 bridgehead atoms. The average Bonchev–Trinajstić information content (AvgIpc) is 2.39. The molecule has 2 aromatic rings. The van der Waals surface area contributed by atoms with Crippen molar-refractivity contribution >= 4 is 0 Å². The molecule has 2 rings (SSSR count). The molecule has 4 heteroatoms. The van der Waals surface area contributed by atoms with Gasteiger partial charge in [-0.25, -0.2) is 8.78 Å². The lowest BCUT2D eigenvalue weighted by Crippen LogP contribution is -2.07. The molecule has 0 amide bonds. The van der Waals surface area contributed by atoms with Gasteiger partial charge in [-0.3, -0.25) is 0 Å². The van der Waals surface area contributed by atoms with E-state index in [4.69, 9.17) is 4.74 Å². The van der Waals surface area contributed by atoms with Crippen LogP contribution in [-0.4, -0.2) is 14.2 Å². The molecule has 2 aromatic carbocycles. The van der Waals surface area contributed by atoms with Gasteiger partial charge in [0.2, 0.25) is 0 Å². The highest BCUT2D eigenvalue weighted by Crippen LogP contribution is 2.30. The minimum atomic E-state index is -0.569. The summed E-state index contributed by atoms with van der Waals surface area (Å²) in [4.78, 5) is 0. The third-order valence-electron chi connectivity index (χ3n) is 2.90. The van der Waals surface area contributed by atoms with Crippen molar-refractivity contribution in [1.29, 1.82) is 0 Å². The summed E-state index contributed by atoms with van der Waals surface area (Å²) in [6, 6.07) is 8.96. The summed E-state index contributed by atoms with van der Waals surface area (Å²) in [5.74, 6) is -0.448. The first-order chi connectivity index (χ1) is 9.17. The monoisotopic (exact) mass is 263 g/mol. The minimum absolute atomic E-state index is 0.0116. The van der Waals surface area contributed by atoms with Crippen molar-refractivity contribution in [2.75, 3.05) is 14.2 Å². The van der Waals surface area contributed by atoms with Crippen LogP contribution >= 0.6 is 0 Å². The van der Waals surface area contributed by atoms with Crippen LogP contribution < -0.4 is 10.1 Å². The molecule has 0 atom stereocenters. The Morgan fingerprint density at radius 3 is 2.37 bits per heavy atom. The van der Waals surface area contributed by atoms with E-state index in [1.54, 1.807) is 32.4 Å². The Bertz CT molecular complexity index is 564. The Kier molecular flexibility index (Phi) is 4.12. The Hall–Kier alpha value is -1.94. The molecule has 0 aromatic heterocycles. The standard InChI is InChI=1S/C15H15F2NO/c1-18-9-11-8-10(6-7-14(11)19-2)15-12(16)4-3-5-13(15)17/h3-8,18H,9H2,1-2H3. The highest BCUT2D eigenvalue weighted by atomic mass is 19.1. The molecular weight excluding hydrogens is 248 g/mol. The fourth-order valence-electron chi connectivity index (χ4n) is 2.04. The number of hydrogen-bond acceptors (Lipinski definition) is 2. The maximum Gasteiger partial charge on any atom is 0.133 e. The zero-order chi connectivity index (χ0) is 13.8. The SMILES string of the molecule is CNCc1cc(-c2c(F)cccc2F)ccc1OC. The van der Waals surface area contributed by atoms with E-state index < -0.39 is 11.6 Å². The molecule has 0 aliphatic rings. The molecule has 0 unspecified atom stereocenters. The number of hydrogen-bond donors (Lipinski definition) is 1. The van der Waals surface area contributed by atoms with Crippen molar-refractivity contribution < 1.29 is 13.5 Å². The Morgan fingerprint density at radius 2 is 1.79 bits per heavy atom. The van der Waals surface area contributed by atoms with Crippen molar-refractivity contribution in [1.82, 2.24) is 5.32 Å². The first-order valence-electron chi connectivity index (χ1n) is 5.93. The van der Waals surface area contributed by atoms with Crippen molar-refractivity contribution in [3.8, 4) is 16.9 Å². The summed E-state index contributed by atoms with van der Waals surface area (Å²) in [6.07, 6.45) is 0. The van der Waals surface area contributed by atoms with Gasteiger partial charge in [0.1, 0.15) is 17.4 Å². The van der Waals surface area contributed by atoms with Crippen molar-refractivity contribution in [2.45, 2.75) is 6.54 Å². The molecule has 0 saturated carbocycles.